The van der Waals surface area contributed by atoms with Crippen LogP contribution in [-0.2, 0) is 16.1 Å². The Morgan fingerprint density at radius 2 is 1.90 bits per heavy atom. The van der Waals surface area contributed by atoms with Gasteiger partial charge in [0.2, 0.25) is 17.6 Å². The monoisotopic (exact) mass is 420 g/mol. The van der Waals surface area contributed by atoms with Crippen LogP contribution in [0.2, 0.25) is 0 Å². The molecule has 0 bridgehead atoms. The third kappa shape index (κ3) is 5.32. The van der Waals surface area contributed by atoms with Crippen LogP contribution in [0.1, 0.15) is 12.5 Å². The molecule has 1 aromatic carbocycles. The Labute approximate surface area is 180 Å². The number of carbonyl (C=O) groups is 2. The average molecular weight is 420 g/mol. The highest BCUT2D eigenvalue weighted by atomic mass is 16.5. The molecule has 4 rings (SSSR count). The highest BCUT2D eigenvalue weighted by Crippen LogP contribution is 2.22. The summed E-state index contributed by atoms with van der Waals surface area (Å²) in [4.78, 5) is 35.8. The minimum absolute atomic E-state index is 0.0432. The largest absolute Gasteiger partial charge is 0.347 e. The van der Waals surface area contributed by atoms with E-state index in [4.69, 9.17) is 4.52 Å². The van der Waals surface area contributed by atoms with Crippen LogP contribution in [0.15, 0.2) is 53.3 Å². The smallest absolute Gasteiger partial charge is 0.259 e. The van der Waals surface area contributed by atoms with Crippen LogP contribution in [-0.4, -0.2) is 69.5 Å². The summed E-state index contributed by atoms with van der Waals surface area (Å²) in [6, 6.07) is 11.8. The van der Waals surface area contributed by atoms with Gasteiger partial charge in [-0.3, -0.25) is 19.5 Å². The molecule has 160 valence electrons. The number of piperazine rings is 1. The second-order valence-corrected chi connectivity index (χ2v) is 7.43. The first kappa shape index (κ1) is 20.7. The molecule has 0 saturated carbocycles. The predicted octanol–water partition coefficient (Wildman–Crippen LogP) is 1.58. The minimum atomic E-state index is -0.193. The number of rotatable bonds is 6. The number of hydrogen-bond donors (Lipinski definition) is 1. The predicted molar refractivity (Wildman–Crippen MR) is 114 cm³/mol. The zero-order valence-electron chi connectivity index (χ0n) is 17.3. The lowest BCUT2D eigenvalue weighted by Gasteiger charge is -2.34. The number of aromatic nitrogens is 3. The summed E-state index contributed by atoms with van der Waals surface area (Å²) in [5.41, 5.74) is 2.81. The SMILES string of the molecule is CC(=O)NCC(=O)N1CCN(Cc2cccc(-c3noc(-c4cccnc4)n3)c2)CC1. The Bertz CT molecular complexity index is 1040. The number of amides is 2. The second-order valence-electron chi connectivity index (χ2n) is 7.43. The molecule has 1 saturated heterocycles. The van der Waals surface area contributed by atoms with Crippen LogP contribution in [0.25, 0.3) is 22.8 Å². The summed E-state index contributed by atoms with van der Waals surface area (Å²) in [5.74, 6) is 0.738. The Kier molecular flexibility index (Phi) is 6.32. The molecule has 31 heavy (non-hydrogen) atoms. The fourth-order valence-electron chi connectivity index (χ4n) is 3.48. The van der Waals surface area contributed by atoms with E-state index in [2.05, 4.69) is 37.5 Å². The molecular weight excluding hydrogens is 396 g/mol. The van der Waals surface area contributed by atoms with Gasteiger partial charge in [-0.2, -0.15) is 4.98 Å². The highest BCUT2D eigenvalue weighted by molar-refractivity contribution is 5.83. The zero-order chi connectivity index (χ0) is 21.6. The first-order valence-electron chi connectivity index (χ1n) is 10.2. The van der Waals surface area contributed by atoms with Gasteiger partial charge in [-0.15, -0.1) is 0 Å². The molecule has 2 aromatic heterocycles. The molecule has 0 atom stereocenters. The maximum atomic E-state index is 12.1. The molecule has 1 fully saturated rings. The zero-order valence-corrected chi connectivity index (χ0v) is 17.3. The van der Waals surface area contributed by atoms with Gasteiger partial charge in [-0.1, -0.05) is 23.4 Å². The van der Waals surface area contributed by atoms with Crippen molar-refractivity contribution in [3.8, 4) is 22.8 Å². The normalized spacial score (nSPS) is 14.4. The van der Waals surface area contributed by atoms with E-state index in [-0.39, 0.29) is 18.4 Å². The van der Waals surface area contributed by atoms with Crippen molar-refractivity contribution in [2.24, 2.45) is 0 Å². The van der Waals surface area contributed by atoms with Gasteiger partial charge in [0.05, 0.1) is 12.1 Å². The number of hydrogen-bond acceptors (Lipinski definition) is 7. The van der Waals surface area contributed by atoms with Gasteiger partial charge in [-0.25, -0.2) is 0 Å². The van der Waals surface area contributed by atoms with E-state index >= 15 is 0 Å². The summed E-state index contributed by atoms with van der Waals surface area (Å²) >= 11 is 0. The standard InChI is InChI=1S/C22H24N6O3/c1-16(29)24-14-20(30)28-10-8-27(9-11-28)15-17-4-2-5-18(12-17)21-25-22(31-26-21)19-6-3-7-23-13-19/h2-7,12-13H,8-11,14-15H2,1H3,(H,24,29). The van der Waals surface area contributed by atoms with Gasteiger partial charge in [0.15, 0.2) is 0 Å². The van der Waals surface area contributed by atoms with E-state index in [0.717, 1.165) is 36.3 Å². The van der Waals surface area contributed by atoms with Crippen molar-refractivity contribution in [2.75, 3.05) is 32.7 Å². The van der Waals surface area contributed by atoms with E-state index in [1.807, 2.05) is 24.3 Å². The molecule has 0 aliphatic carbocycles. The van der Waals surface area contributed by atoms with Crippen molar-refractivity contribution in [3.63, 3.8) is 0 Å². The van der Waals surface area contributed by atoms with Crippen LogP contribution < -0.4 is 5.32 Å². The van der Waals surface area contributed by atoms with Gasteiger partial charge in [0, 0.05) is 57.6 Å². The fraction of sp³-hybridized carbons (Fsp3) is 0.318. The fourth-order valence-corrected chi connectivity index (χ4v) is 3.48. The molecule has 1 N–H and O–H groups in total. The van der Waals surface area contributed by atoms with E-state index in [0.29, 0.717) is 24.8 Å². The van der Waals surface area contributed by atoms with Crippen LogP contribution >= 0.6 is 0 Å². The highest BCUT2D eigenvalue weighted by Gasteiger charge is 2.21. The van der Waals surface area contributed by atoms with Crippen LogP contribution in [0.4, 0.5) is 0 Å². The molecule has 0 radical (unpaired) electrons. The van der Waals surface area contributed by atoms with E-state index in [1.54, 1.807) is 17.3 Å². The number of nitrogens with one attached hydrogen (secondary N) is 1. The van der Waals surface area contributed by atoms with Gasteiger partial charge in [-0.05, 0) is 23.8 Å². The number of carbonyl (C=O) groups excluding carboxylic acids is 2. The maximum Gasteiger partial charge on any atom is 0.259 e. The molecular formula is C22H24N6O3. The second kappa shape index (κ2) is 9.48. The lowest BCUT2D eigenvalue weighted by Crippen LogP contribution is -2.50. The molecule has 3 heterocycles. The lowest BCUT2D eigenvalue weighted by molar-refractivity contribution is -0.134. The van der Waals surface area contributed by atoms with Gasteiger partial charge >= 0.3 is 0 Å². The van der Waals surface area contributed by atoms with E-state index in [1.165, 1.54) is 6.92 Å². The van der Waals surface area contributed by atoms with Crippen molar-refractivity contribution in [1.29, 1.82) is 0 Å². The van der Waals surface area contributed by atoms with Crippen LogP contribution in [0, 0.1) is 0 Å². The number of pyridine rings is 1. The quantitative estimate of drug-likeness (QED) is 0.646. The van der Waals surface area contributed by atoms with Crippen molar-refractivity contribution in [3.05, 3.63) is 54.4 Å². The van der Waals surface area contributed by atoms with Gasteiger partial charge in [0.25, 0.3) is 5.89 Å². The first-order chi connectivity index (χ1) is 15.1. The first-order valence-corrected chi connectivity index (χ1v) is 10.2. The van der Waals surface area contributed by atoms with Gasteiger partial charge in [0.1, 0.15) is 0 Å². The summed E-state index contributed by atoms with van der Waals surface area (Å²) in [5, 5.41) is 6.67. The Morgan fingerprint density at radius 3 is 2.65 bits per heavy atom. The van der Waals surface area contributed by atoms with Crippen LogP contribution in [0.5, 0.6) is 0 Å². The molecule has 9 nitrogen and oxygen atoms in total. The Hall–Kier alpha value is -3.59. The average Bonchev–Trinajstić information content (AvgIpc) is 3.29. The van der Waals surface area contributed by atoms with Crippen molar-refractivity contribution in [1.82, 2.24) is 30.2 Å². The summed E-state index contributed by atoms with van der Waals surface area (Å²) in [7, 11) is 0. The summed E-state index contributed by atoms with van der Waals surface area (Å²) in [6.07, 6.45) is 3.39. The third-order valence-electron chi connectivity index (χ3n) is 5.14. The third-order valence-corrected chi connectivity index (χ3v) is 5.14. The Morgan fingerprint density at radius 1 is 1.10 bits per heavy atom. The van der Waals surface area contributed by atoms with Crippen LogP contribution in [0.3, 0.4) is 0 Å². The molecule has 3 aromatic rings. The summed E-state index contributed by atoms with van der Waals surface area (Å²) < 4.78 is 5.39. The molecule has 2 amide bonds. The lowest BCUT2D eigenvalue weighted by atomic mass is 10.1. The molecule has 9 heteroatoms. The molecule has 0 spiro atoms. The van der Waals surface area contributed by atoms with Gasteiger partial charge < -0.3 is 14.7 Å². The van der Waals surface area contributed by atoms with E-state index in [9.17, 15) is 9.59 Å². The topological polar surface area (TPSA) is 104 Å². The van der Waals surface area contributed by atoms with Crippen molar-refractivity contribution >= 4 is 11.8 Å². The number of benzene rings is 1. The molecule has 0 unspecified atom stereocenters. The Balaban J connectivity index is 1.35. The minimum Gasteiger partial charge on any atom is -0.347 e. The van der Waals surface area contributed by atoms with Crippen molar-refractivity contribution < 1.29 is 14.1 Å². The molecule has 1 aliphatic rings. The summed E-state index contributed by atoms with van der Waals surface area (Å²) in [6.45, 7) is 5.10. The maximum absolute atomic E-state index is 12.1. The van der Waals surface area contributed by atoms with Crippen molar-refractivity contribution in [2.45, 2.75) is 13.5 Å². The molecule has 1 aliphatic heterocycles. The van der Waals surface area contributed by atoms with E-state index < -0.39 is 0 Å². The number of nitrogens with zero attached hydrogens (tertiary/aromatic N) is 5.